The molecule has 1 heterocycles. The second kappa shape index (κ2) is 7.82. The molecule has 1 aromatic heterocycles. The molecule has 2 aromatic rings. The van der Waals surface area contributed by atoms with Crippen LogP contribution >= 0.6 is 0 Å². The van der Waals surface area contributed by atoms with E-state index in [0.29, 0.717) is 6.61 Å². The van der Waals surface area contributed by atoms with E-state index in [9.17, 15) is 0 Å². The molecule has 0 aliphatic heterocycles. The summed E-state index contributed by atoms with van der Waals surface area (Å²) in [6.45, 7) is 4.72. The summed E-state index contributed by atoms with van der Waals surface area (Å²) in [4.78, 5) is 0. The molecule has 4 nitrogen and oxygen atoms in total. The van der Waals surface area contributed by atoms with E-state index in [4.69, 9.17) is 4.74 Å². The molecule has 108 valence electrons. The fourth-order valence-electron chi connectivity index (χ4n) is 2.18. The highest BCUT2D eigenvalue weighted by atomic mass is 16.5. The van der Waals surface area contributed by atoms with Crippen LogP contribution in [0.15, 0.2) is 42.7 Å². The molecule has 0 amide bonds. The van der Waals surface area contributed by atoms with E-state index in [1.54, 1.807) is 7.11 Å². The molecule has 20 heavy (non-hydrogen) atoms. The van der Waals surface area contributed by atoms with Crippen molar-refractivity contribution in [2.24, 2.45) is 0 Å². The highest BCUT2D eigenvalue weighted by molar-refractivity contribution is 5.61. The van der Waals surface area contributed by atoms with Crippen LogP contribution in [0.1, 0.15) is 19.4 Å². The Morgan fingerprint density at radius 1 is 1.25 bits per heavy atom. The van der Waals surface area contributed by atoms with Crippen LogP contribution in [0.2, 0.25) is 0 Å². The van der Waals surface area contributed by atoms with Crippen molar-refractivity contribution >= 4 is 0 Å². The lowest BCUT2D eigenvalue weighted by Crippen LogP contribution is -2.29. The summed E-state index contributed by atoms with van der Waals surface area (Å²) >= 11 is 0. The van der Waals surface area contributed by atoms with Gasteiger partial charge in [0.2, 0.25) is 0 Å². The number of nitrogens with zero attached hydrogens (tertiary/aromatic N) is 2. The average Bonchev–Trinajstić information content (AvgIpc) is 2.97. The zero-order valence-electron chi connectivity index (χ0n) is 12.2. The number of rotatable bonds is 8. The van der Waals surface area contributed by atoms with Crippen LogP contribution in [0.5, 0.6) is 0 Å². The van der Waals surface area contributed by atoms with Crippen molar-refractivity contribution in [3.63, 3.8) is 0 Å². The van der Waals surface area contributed by atoms with Crippen molar-refractivity contribution in [3.05, 3.63) is 42.7 Å². The Morgan fingerprint density at radius 2 is 2.05 bits per heavy atom. The summed E-state index contributed by atoms with van der Waals surface area (Å²) in [5.74, 6) is 0. The summed E-state index contributed by atoms with van der Waals surface area (Å²) in [7, 11) is 1.73. The highest BCUT2D eigenvalue weighted by Crippen LogP contribution is 2.19. The van der Waals surface area contributed by atoms with E-state index in [0.717, 1.165) is 25.1 Å². The first-order chi connectivity index (χ1) is 9.85. The molecule has 0 aliphatic carbocycles. The minimum absolute atomic E-state index is 0.226. The van der Waals surface area contributed by atoms with Gasteiger partial charge in [0.1, 0.15) is 0 Å². The third kappa shape index (κ3) is 3.92. The van der Waals surface area contributed by atoms with Gasteiger partial charge in [0.05, 0.1) is 18.8 Å². The maximum Gasteiger partial charge on any atom is 0.0876 e. The van der Waals surface area contributed by atoms with Crippen molar-refractivity contribution < 1.29 is 4.74 Å². The molecule has 0 saturated carbocycles. The molecule has 2 rings (SSSR count). The van der Waals surface area contributed by atoms with Crippen molar-refractivity contribution in [3.8, 4) is 11.1 Å². The molecule has 0 fully saturated rings. The van der Waals surface area contributed by atoms with E-state index in [-0.39, 0.29) is 6.04 Å². The molecular weight excluding hydrogens is 250 g/mol. The van der Waals surface area contributed by atoms with Gasteiger partial charge in [-0.1, -0.05) is 37.3 Å². The number of hydrogen-bond acceptors (Lipinski definition) is 3. The molecule has 1 atom stereocenters. The maximum absolute atomic E-state index is 5.30. The van der Waals surface area contributed by atoms with Crippen LogP contribution < -0.4 is 5.32 Å². The molecule has 4 heteroatoms. The minimum Gasteiger partial charge on any atom is -0.382 e. The lowest BCUT2D eigenvalue weighted by Gasteiger charge is -2.17. The molecular formula is C16H23N3O. The quantitative estimate of drug-likeness (QED) is 0.752. The van der Waals surface area contributed by atoms with Crippen molar-refractivity contribution in [2.45, 2.75) is 19.4 Å². The summed E-state index contributed by atoms with van der Waals surface area (Å²) in [5, 5.41) is 7.91. The van der Waals surface area contributed by atoms with Gasteiger partial charge in [-0.3, -0.25) is 4.68 Å². The first-order valence-electron chi connectivity index (χ1n) is 7.14. The standard InChI is InChI=1S/C16H23N3O/c1-3-9-17-11-16(13-20-2)19-12-15(10-18-19)14-7-5-4-6-8-14/h4-8,10,12,16-17H,3,9,11,13H2,1-2H3. The normalized spacial score (nSPS) is 12.5. The predicted molar refractivity (Wildman–Crippen MR) is 81.7 cm³/mol. The first kappa shape index (κ1) is 14.8. The third-order valence-corrected chi connectivity index (χ3v) is 3.25. The van der Waals surface area contributed by atoms with Crippen LogP contribution in [-0.4, -0.2) is 36.6 Å². The molecule has 1 aromatic carbocycles. The van der Waals surface area contributed by atoms with E-state index in [1.807, 2.05) is 29.1 Å². The van der Waals surface area contributed by atoms with Gasteiger partial charge in [0.25, 0.3) is 0 Å². The monoisotopic (exact) mass is 273 g/mol. The zero-order valence-corrected chi connectivity index (χ0v) is 12.2. The summed E-state index contributed by atoms with van der Waals surface area (Å²) < 4.78 is 7.30. The van der Waals surface area contributed by atoms with Crippen molar-refractivity contribution in [1.82, 2.24) is 15.1 Å². The summed E-state index contributed by atoms with van der Waals surface area (Å²) in [6.07, 6.45) is 5.14. The Bertz CT molecular complexity index is 495. The summed E-state index contributed by atoms with van der Waals surface area (Å²) in [5.41, 5.74) is 2.33. The van der Waals surface area contributed by atoms with Crippen molar-refractivity contribution in [2.75, 3.05) is 26.8 Å². The van der Waals surface area contributed by atoms with Gasteiger partial charge in [0.15, 0.2) is 0 Å². The Hall–Kier alpha value is -1.65. The van der Waals surface area contributed by atoms with Gasteiger partial charge in [-0.15, -0.1) is 0 Å². The smallest absolute Gasteiger partial charge is 0.0876 e. The predicted octanol–water partition coefficient (Wildman–Crippen LogP) is 2.74. The fraction of sp³-hybridized carbons (Fsp3) is 0.438. The number of hydrogen-bond donors (Lipinski definition) is 1. The Kier molecular flexibility index (Phi) is 5.77. The Morgan fingerprint density at radius 3 is 2.75 bits per heavy atom. The highest BCUT2D eigenvalue weighted by Gasteiger charge is 2.12. The maximum atomic E-state index is 5.30. The molecule has 0 saturated heterocycles. The topological polar surface area (TPSA) is 39.1 Å². The summed E-state index contributed by atoms with van der Waals surface area (Å²) in [6, 6.07) is 10.5. The number of benzene rings is 1. The van der Waals surface area contributed by atoms with Gasteiger partial charge >= 0.3 is 0 Å². The number of methoxy groups -OCH3 is 1. The lowest BCUT2D eigenvalue weighted by atomic mass is 10.1. The van der Waals surface area contributed by atoms with Crippen LogP contribution in [0.25, 0.3) is 11.1 Å². The largest absolute Gasteiger partial charge is 0.382 e. The fourth-order valence-corrected chi connectivity index (χ4v) is 2.18. The molecule has 0 bridgehead atoms. The Balaban J connectivity index is 2.08. The molecule has 1 unspecified atom stereocenters. The molecule has 0 radical (unpaired) electrons. The van der Waals surface area contributed by atoms with E-state index in [1.165, 1.54) is 5.56 Å². The lowest BCUT2D eigenvalue weighted by molar-refractivity contribution is 0.148. The van der Waals surface area contributed by atoms with Gasteiger partial charge < -0.3 is 10.1 Å². The SMILES string of the molecule is CCCNCC(COC)n1cc(-c2ccccc2)cn1. The second-order valence-electron chi connectivity index (χ2n) is 4.89. The zero-order chi connectivity index (χ0) is 14.2. The van der Waals surface area contributed by atoms with Gasteiger partial charge in [0, 0.05) is 25.4 Å². The number of nitrogens with one attached hydrogen (secondary N) is 1. The first-order valence-corrected chi connectivity index (χ1v) is 7.14. The van der Waals surface area contributed by atoms with Crippen LogP contribution in [0.4, 0.5) is 0 Å². The molecule has 0 spiro atoms. The second-order valence-corrected chi connectivity index (χ2v) is 4.89. The average molecular weight is 273 g/mol. The van der Waals surface area contributed by atoms with E-state index < -0.39 is 0 Å². The third-order valence-electron chi connectivity index (χ3n) is 3.25. The van der Waals surface area contributed by atoms with Gasteiger partial charge in [-0.05, 0) is 18.5 Å². The van der Waals surface area contributed by atoms with Gasteiger partial charge in [-0.25, -0.2) is 0 Å². The minimum atomic E-state index is 0.226. The number of aromatic nitrogens is 2. The van der Waals surface area contributed by atoms with Crippen LogP contribution in [-0.2, 0) is 4.74 Å². The van der Waals surface area contributed by atoms with Crippen molar-refractivity contribution in [1.29, 1.82) is 0 Å². The van der Waals surface area contributed by atoms with Gasteiger partial charge in [-0.2, -0.15) is 5.10 Å². The number of ether oxygens (including phenoxy) is 1. The van der Waals surface area contributed by atoms with E-state index >= 15 is 0 Å². The molecule has 1 N–H and O–H groups in total. The van der Waals surface area contributed by atoms with Crippen LogP contribution in [0, 0.1) is 0 Å². The van der Waals surface area contributed by atoms with E-state index in [2.05, 4.69) is 35.7 Å². The molecule has 0 aliphatic rings. The Labute approximate surface area is 120 Å². The van der Waals surface area contributed by atoms with Crippen LogP contribution in [0.3, 0.4) is 0 Å².